The third-order valence-corrected chi connectivity index (χ3v) is 3.88. The number of aryl methyl sites for hydroxylation is 1. The fourth-order valence-electron chi connectivity index (χ4n) is 2.74. The number of carbonyl (C=O) groups excluding carboxylic acids is 1. The van der Waals surface area contributed by atoms with E-state index < -0.39 is 17.9 Å². The van der Waals surface area contributed by atoms with Crippen molar-refractivity contribution in [3.63, 3.8) is 0 Å². The summed E-state index contributed by atoms with van der Waals surface area (Å²) in [6.07, 6.45) is 0.0654. The standard InChI is InChI=1S/C14H16ClNO3/c1-3-16-12(17)7-11(14(18)19)13(16)10-5-4-9(15)6-8(10)2/h4-6,11,13H,3,7H2,1-2H3,(H,18,19). The van der Waals surface area contributed by atoms with Crippen LogP contribution in [0.2, 0.25) is 5.02 Å². The quantitative estimate of drug-likeness (QED) is 0.927. The van der Waals surface area contributed by atoms with Crippen molar-refractivity contribution in [3.8, 4) is 0 Å². The zero-order valence-corrected chi connectivity index (χ0v) is 11.6. The normalized spacial score (nSPS) is 22.9. The summed E-state index contributed by atoms with van der Waals surface area (Å²) in [5, 5.41) is 9.93. The molecule has 1 aromatic carbocycles. The smallest absolute Gasteiger partial charge is 0.309 e. The Balaban J connectivity index is 2.48. The van der Waals surface area contributed by atoms with Crippen LogP contribution in [0.15, 0.2) is 18.2 Å². The van der Waals surface area contributed by atoms with E-state index in [2.05, 4.69) is 0 Å². The van der Waals surface area contributed by atoms with E-state index in [1.165, 1.54) is 0 Å². The van der Waals surface area contributed by atoms with Gasteiger partial charge in [0.15, 0.2) is 0 Å². The monoisotopic (exact) mass is 281 g/mol. The Bertz CT molecular complexity index is 529. The molecule has 0 radical (unpaired) electrons. The van der Waals surface area contributed by atoms with Gasteiger partial charge in [0.25, 0.3) is 0 Å². The molecular weight excluding hydrogens is 266 g/mol. The van der Waals surface area contributed by atoms with Gasteiger partial charge in [-0.15, -0.1) is 0 Å². The molecule has 0 spiro atoms. The van der Waals surface area contributed by atoms with Crippen molar-refractivity contribution < 1.29 is 14.7 Å². The number of nitrogens with zero attached hydrogens (tertiary/aromatic N) is 1. The number of likely N-dealkylation sites (tertiary alicyclic amines) is 1. The summed E-state index contributed by atoms with van der Waals surface area (Å²) >= 11 is 5.92. The van der Waals surface area contributed by atoms with Crippen molar-refractivity contribution in [2.75, 3.05) is 6.54 Å². The van der Waals surface area contributed by atoms with Crippen LogP contribution in [0.5, 0.6) is 0 Å². The zero-order valence-electron chi connectivity index (χ0n) is 10.9. The van der Waals surface area contributed by atoms with Gasteiger partial charge in [-0.25, -0.2) is 0 Å². The van der Waals surface area contributed by atoms with Crippen molar-refractivity contribution in [2.45, 2.75) is 26.3 Å². The summed E-state index contributed by atoms with van der Waals surface area (Å²) in [7, 11) is 0. The average molecular weight is 282 g/mol. The van der Waals surface area contributed by atoms with Crippen LogP contribution in [-0.2, 0) is 9.59 Å². The number of benzene rings is 1. The predicted molar refractivity (Wildman–Crippen MR) is 72.1 cm³/mol. The highest BCUT2D eigenvalue weighted by Crippen LogP contribution is 2.39. The second kappa shape index (κ2) is 5.21. The van der Waals surface area contributed by atoms with Gasteiger partial charge < -0.3 is 10.0 Å². The van der Waals surface area contributed by atoms with E-state index >= 15 is 0 Å². The Morgan fingerprint density at radius 1 is 1.53 bits per heavy atom. The third-order valence-electron chi connectivity index (χ3n) is 3.64. The zero-order chi connectivity index (χ0) is 14.2. The summed E-state index contributed by atoms with van der Waals surface area (Å²) in [5.41, 5.74) is 1.78. The molecule has 2 rings (SSSR count). The molecule has 1 saturated heterocycles. The first-order chi connectivity index (χ1) is 8.95. The highest BCUT2D eigenvalue weighted by atomic mass is 35.5. The topological polar surface area (TPSA) is 57.6 Å². The van der Waals surface area contributed by atoms with Gasteiger partial charge in [-0.2, -0.15) is 0 Å². The molecule has 1 fully saturated rings. The van der Waals surface area contributed by atoms with Crippen LogP contribution in [0, 0.1) is 12.8 Å². The third kappa shape index (κ3) is 2.45. The summed E-state index contributed by atoms with van der Waals surface area (Å²) in [6, 6.07) is 4.96. The molecule has 1 aliphatic rings. The number of halogens is 1. The van der Waals surface area contributed by atoms with Crippen LogP contribution in [0.1, 0.15) is 30.5 Å². The summed E-state index contributed by atoms with van der Waals surface area (Å²) in [4.78, 5) is 24.9. The number of rotatable bonds is 3. The molecule has 1 heterocycles. The van der Waals surface area contributed by atoms with Crippen molar-refractivity contribution in [1.82, 2.24) is 4.90 Å². The SMILES string of the molecule is CCN1C(=O)CC(C(=O)O)C1c1ccc(Cl)cc1C. The van der Waals surface area contributed by atoms with Crippen molar-refractivity contribution in [2.24, 2.45) is 5.92 Å². The molecule has 4 nitrogen and oxygen atoms in total. The van der Waals surface area contributed by atoms with E-state index in [9.17, 15) is 14.7 Å². The van der Waals surface area contributed by atoms with Crippen molar-refractivity contribution in [3.05, 3.63) is 34.3 Å². The minimum absolute atomic E-state index is 0.0654. The first-order valence-corrected chi connectivity index (χ1v) is 6.61. The molecule has 1 aliphatic heterocycles. The number of aliphatic carboxylic acids is 1. The lowest BCUT2D eigenvalue weighted by molar-refractivity contribution is -0.142. The first-order valence-electron chi connectivity index (χ1n) is 6.24. The Hall–Kier alpha value is -1.55. The maximum atomic E-state index is 11.9. The Morgan fingerprint density at radius 2 is 2.21 bits per heavy atom. The molecule has 0 bridgehead atoms. The molecule has 2 unspecified atom stereocenters. The van der Waals surface area contributed by atoms with Crippen LogP contribution >= 0.6 is 11.6 Å². The van der Waals surface area contributed by atoms with Crippen LogP contribution in [-0.4, -0.2) is 28.4 Å². The lowest BCUT2D eigenvalue weighted by Crippen LogP contribution is -2.30. The summed E-state index contributed by atoms with van der Waals surface area (Å²) < 4.78 is 0. The van der Waals surface area contributed by atoms with Gasteiger partial charge in [0, 0.05) is 18.0 Å². The lowest BCUT2D eigenvalue weighted by Gasteiger charge is -2.27. The Kier molecular flexibility index (Phi) is 3.80. The molecule has 0 aromatic heterocycles. The number of carboxylic acid groups (broad SMARTS) is 1. The van der Waals surface area contributed by atoms with Gasteiger partial charge in [0.05, 0.1) is 12.0 Å². The largest absolute Gasteiger partial charge is 0.481 e. The average Bonchev–Trinajstić information content (AvgIpc) is 2.66. The van der Waals surface area contributed by atoms with E-state index in [-0.39, 0.29) is 12.3 Å². The maximum absolute atomic E-state index is 11.9. The van der Waals surface area contributed by atoms with Crippen LogP contribution in [0.25, 0.3) is 0 Å². The van der Waals surface area contributed by atoms with Crippen molar-refractivity contribution >= 4 is 23.5 Å². The number of hydrogen-bond acceptors (Lipinski definition) is 2. The first kappa shape index (κ1) is 13.9. The van der Waals surface area contributed by atoms with E-state index in [0.717, 1.165) is 11.1 Å². The van der Waals surface area contributed by atoms with Crippen LogP contribution in [0.3, 0.4) is 0 Å². The predicted octanol–water partition coefficient (Wildman–Crippen LogP) is 2.64. The molecule has 19 heavy (non-hydrogen) atoms. The molecule has 2 atom stereocenters. The minimum Gasteiger partial charge on any atom is -0.481 e. The van der Waals surface area contributed by atoms with Gasteiger partial charge >= 0.3 is 5.97 Å². The van der Waals surface area contributed by atoms with Gasteiger partial charge in [-0.1, -0.05) is 17.7 Å². The van der Waals surface area contributed by atoms with Gasteiger partial charge in [-0.3, -0.25) is 9.59 Å². The fourth-order valence-corrected chi connectivity index (χ4v) is 2.97. The highest BCUT2D eigenvalue weighted by Gasteiger charge is 2.44. The fraction of sp³-hybridized carbons (Fsp3) is 0.429. The molecule has 5 heteroatoms. The molecule has 1 aromatic rings. The van der Waals surface area contributed by atoms with Gasteiger partial charge in [0.1, 0.15) is 0 Å². The number of carboxylic acids is 1. The lowest BCUT2D eigenvalue weighted by atomic mass is 9.91. The highest BCUT2D eigenvalue weighted by molar-refractivity contribution is 6.30. The Labute approximate surface area is 117 Å². The van der Waals surface area contributed by atoms with E-state index in [1.54, 1.807) is 17.0 Å². The molecule has 102 valence electrons. The Morgan fingerprint density at radius 3 is 2.74 bits per heavy atom. The van der Waals surface area contributed by atoms with E-state index in [4.69, 9.17) is 11.6 Å². The number of amides is 1. The van der Waals surface area contributed by atoms with Gasteiger partial charge in [0.2, 0.25) is 5.91 Å². The molecule has 1 amide bonds. The molecule has 0 aliphatic carbocycles. The second-order valence-corrected chi connectivity index (χ2v) is 5.21. The van der Waals surface area contributed by atoms with E-state index in [1.807, 2.05) is 19.9 Å². The maximum Gasteiger partial charge on any atom is 0.309 e. The molecular formula is C14H16ClNO3. The van der Waals surface area contributed by atoms with Crippen molar-refractivity contribution in [1.29, 1.82) is 0 Å². The van der Waals surface area contributed by atoms with Crippen LogP contribution in [0.4, 0.5) is 0 Å². The summed E-state index contributed by atoms with van der Waals surface area (Å²) in [5.74, 6) is -1.72. The second-order valence-electron chi connectivity index (χ2n) is 4.77. The number of carbonyl (C=O) groups is 2. The molecule has 0 saturated carbocycles. The molecule has 1 N–H and O–H groups in total. The van der Waals surface area contributed by atoms with Gasteiger partial charge in [-0.05, 0) is 37.1 Å². The minimum atomic E-state index is -0.927. The summed E-state index contributed by atoms with van der Waals surface area (Å²) in [6.45, 7) is 4.26. The van der Waals surface area contributed by atoms with E-state index in [0.29, 0.717) is 11.6 Å². The number of hydrogen-bond donors (Lipinski definition) is 1. The van der Waals surface area contributed by atoms with Crippen LogP contribution < -0.4 is 0 Å².